The first-order chi connectivity index (χ1) is 9.17. The second-order valence-electron chi connectivity index (χ2n) is 4.22. The van der Waals surface area contributed by atoms with Gasteiger partial charge in [-0.2, -0.15) is 0 Å². The number of hydrogen-bond acceptors (Lipinski definition) is 3. The van der Waals surface area contributed by atoms with Crippen LogP contribution in [0.4, 0.5) is 5.69 Å². The molecule has 0 aliphatic rings. The summed E-state index contributed by atoms with van der Waals surface area (Å²) in [6.07, 6.45) is 6.89. The Bertz CT molecular complexity index is 452. The number of nitrogen functional groups attached to an aromatic ring is 1. The van der Waals surface area contributed by atoms with E-state index in [1.54, 1.807) is 12.1 Å². The van der Waals surface area contributed by atoms with Crippen molar-refractivity contribution in [3.05, 3.63) is 24.3 Å². The van der Waals surface area contributed by atoms with E-state index in [4.69, 9.17) is 16.9 Å². The van der Waals surface area contributed by atoms with Crippen LogP contribution < -0.4 is 15.8 Å². The minimum absolute atomic E-state index is 0.0410. The second kappa shape index (κ2) is 8.04. The highest BCUT2D eigenvalue weighted by atomic mass is 16.5. The smallest absolute Gasteiger partial charge is 0.223 e. The number of anilines is 1. The first-order valence-electron chi connectivity index (χ1n) is 6.37. The third kappa shape index (κ3) is 5.35. The SMILES string of the molecule is C#CCC(CC)NC(=O)CCOc1ccccc1N. The monoisotopic (exact) mass is 260 g/mol. The number of ether oxygens (including phenoxy) is 1. The number of nitrogens with one attached hydrogen (secondary N) is 1. The van der Waals surface area contributed by atoms with Gasteiger partial charge in [-0.3, -0.25) is 4.79 Å². The highest BCUT2D eigenvalue weighted by molar-refractivity contribution is 5.76. The van der Waals surface area contributed by atoms with Crippen LogP contribution in [-0.2, 0) is 4.79 Å². The van der Waals surface area contributed by atoms with Crippen molar-refractivity contribution in [3.63, 3.8) is 0 Å². The van der Waals surface area contributed by atoms with Crippen molar-refractivity contribution in [2.75, 3.05) is 12.3 Å². The zero-order valence-electron chi connectivity index (χ0n) is 11.2. The van der Waals surface area contributed by atoms with Crippen LogP contribution in [0.1, 0.15) is 26.2 Å². The first kappa shape index (κ1) is 14.9. The first-order valence-corrected chi connectivity index (χ1v) is 6.37. The maximum atomic E-state index is 11.7. The Morgan fingerprint density at radius 2 is 2.26 bits per heavy atom. The second-order valence-corrected chi connectivity index (χ2v) is 4.22. The molecule has 1 rings (SSSR count). The molecule has 4 heteroatoms. The van der Waals surface area contributed by atoms with Gasteiger partial charge in [-0.05, 0) is 18.6 Å². The van der Waals surface area contributed by atoms with Crippen molar-refractivity contribution in [1.29, 1.82) is 0 Å². The number of benzene rings is 1. The van der Waals surface area contributed by atoms with Crippen LogP contribution in [0.15, 0.2) is 24.3 Å². The Morgan fingerprint density at radius 3 is 2.89 bits per heavy atom. The standard InChI is InChI=1S/C15H20N2O2/c1-3-7-12(4-2)17-15(18)10-11-19-14-9-6-5-8-13(14)16/h1,5-6,8-9,12H,4,7,10-11,16H2,2H3,(H,17,18). The molecule has 0 spiro atoms. The van der Waals surface area contributed by atoms with Crippen LogP contribution >= 0.6 is 0 Å². The molecule has 3 N–H and O–H groups in total. The maximum Gasteiger partial charge on any atom is 0.223 e. The lowest BCUT2D eigenvalue weighted by atomic mass is 10.1. The summed E-state index contributed by atoms with van der Waals surface area (Å²) >= 11 is 0. The molecular weight excluding hydrogens is 240 g/mol. The number of carbonyl (C=O) groups is 1. The minimum Gasteiger partial charge on any atom is -0.491 e. The van der Waals surface area contributed by atoms with E-state index in [1.807, 2.05) is 19.1 Å². The van der Waals surface area contributed by atoms with E-state index in [1.165, 1.54) is 0 Å². The molecule has 0 saturated heterocycles. The fourth-order valence-corrected chi connectivity index (χ4v) is 1.61. The fraction of sp³-hybridized carbons (Fsp3) is 0.400. The van der Waals surface area contributed by atoms with Gasteiger partial charge in [0.25, 0.3) is 0 Å². The summed E-state index contributed by atoms with van der Waals surface area (Å²) in [5, 5.41) is 2.88. The molecule has 0 fully saturated rings. The van der Waals surface area contributed by atoms with Crippen molar-refractivity contribution in [1.82, 2.24) is 5.32 Å². The highest BCUT2D eigenvalue weighted by Crippen LogP contribution is 2.19. The normalized spacial score (nSPS) is 11.4. The number of amides is 1. The molecule has 1 aromatic carbocycles. The third-order valence-corrected chi connectivity index (χ3v) is 2.73. The Morgan fingerprint density at radius 1 is 1.53 bits per heavy atom. The van der Waals surface area contributed by atoms with Gasteiger partial charge in [-0.15, -0.1) is 12.3 Å². The number of para-hydroxylation sites is 2. The molecule has 0 aliphatic carbocycles. The number of carbonyl (C=O) groups excluding carboxylic acids is 1. The molecule has 1 amide bonds. The summed E-state index contributed by atoms with van der Waals surface area (Å²) in [7, 11) is 0. The van der Waals surface area contributed by atoms with Crippen LogP contribution in [0.3, 0.4) is 0 Å². The van der Waals surface area contributed by atoms with Crippen LogP contribution in [-0.4, -0.2) is 18.6 Å². The van der Waals surface area contributed by atoms with Gasteiger partial charge in [0, 0.05) is 12.5 Å². The minimum atomic E-state index is -0.0587. The average molecular weight is 260 g/mol. The fourth-order valence-electron chi connectivity index (χ4n) is 1.61. The number of rotatable bonds is 7. The third-order valence-electron chi connectivity index (χ3n) is 2.73. The van der Waals surface area contributed by atoms with Gasteiger partial charge in [-0.25, -0.2) is 0 Å². The lowest BCUT2D eigenvalue weighted by Crippen LogP contribution is -2.34. The molecule has 1 aromatic rings. The van der Waals surface area contributed by atoms with Gasteiger partial charge in [0.05, 0.1) is 18.7 Å². The summed E-state index contributed by atoms with van der Waals surface area (Å²) in [5.41, 5.74) is 6.30. The average Bonchev–Trinajstić information content (AvgIpc) is 2.40. The van der Waals surface area contributed by atoms with Gasteiger partial charge in [0.1, 0.15) is 5.75 Å². The van der Waals surface area contributed by atoms with Gasteiger partial charge in [0.15, 0.2) is 0 Å². The van der Waals surface area contributed by atoms with Crippen molar-refractivity contribution in [3.8, 4) is 18.1 Å². The summed E-state index contributed by atoms with van der Waals surface area (Å²) in [5.74, 6) is 3.10. The van der Waals surface area contributed by atoms with Crippen molar-refractivity contribution >= 4 is 11.6 Å². The summed E-state index contributed by atoms with van der Waals surface area (Å²) in [6, 6.07) is 7.25. The largest absolute Gasteiger partial charge is 0.491 e. The van der Waals surface area contributed by atoms with Crippen LogP contribution in [0.2, 0.25) is 0 Å². The molecule has 19 heavy (non-hydrogen) atoms. The van der Waals surface area contributed by atoms with Gasteiger partial charge < -0.3 is 15.8 Å². The zero-order chi connectivity index (χ0) is 14.1. The van der Waals surface area contributed by atoms with Crippen LogP contribution in [0.25, 0.3) is 0 Å². The predicted molar refractivity (Wildman–Crippen MR) is 76.6 cm³/mol. The van der Waals surface area contributed by atoms with Crippen molar-refractivity contribution in [2.45, 2.75) is 32.2 Å². The molecule has 4 nitrogen and oxygen atoms in total. The molecule has 0 heterocycles. The Hall–Kier alpha value is -2.15. The molecule has 1 unspecified atom stereocenters. The lowest BCUT2D eigenvalue weighted by Gasteiger charge is -2.14. The van der Waals surface area contributed by atoms with E-state index in [0.717, 1.165) is 6.42 Å². The molecule has 0 aromatic heterocycles. The Labute approximate surface area is 114 Å². The van der Waals surface area contributed by atoms with Gasteiger partial charge >= 0.3 is 0 Å². The number of terminal acetylenes is 1. The highest BCUT2D eigenvalue weighted by Gasteiger charge is 2.09. The predicted octanol–water partition coefficient (Wildman–Crippen LogP) is 1.96. The quantitative estimate of drug-likeness (QED) is 0.582. The number of nitrogens with two attached hydrogens (primary N) is 1. The van der Waals surface area contributed by atoms with Gasteiger partial charge in [-0.1, -0.05) is 19.1 Å². The summed E-state index contributed by atoms with van der Waals surface area (Å²) in [6.45, 7) is 2.29. The van der Waals surface area contributed by atoms with E-state index in [0.29, 0.717) is 24.5 Å². The van der Waals surface area contributed by atoms with E-state index in [9.17, 15) is 4.79 Å². The van der Waals surface area contributed by atoms with Crippen LogP contribution in [0, 0.1) is 12.3 Å². The molecule has 1 atom stereocenters. The topological polar surface area (TPSA) is 64.3 Å². The Kier molecular flexibility index (Phi) is 6.31. The van der Waals surface area contributed by atoms with E-state index >= 15 is 0 Å². The molecular formula is C15H20N2O2. The molecule has 102 valence electrons. The molecule has 0 radical (unpaired) electrons. The van der Waals surface area contributed by atoms with Crippen LogP contribution in [0.5, 0.6) is 5.75 Å². The summed E-state index contributed by atoms with van der Waals surface area (Å²) in [4.78, 5) is 11.7. The maximum absolute atomic E-state index is 11.7. The molecule has 0 saturated carbocycles. The van der Waals surface area contributed by atoms with Crippen molar-refractivity contribution in [2.24, 2.45) is 0 Å². The van der Waals surface area contributed by atoms with E-state index in [2.05, 4.69) is 11.2 Å². The van der Waals surface area contributed by atoms with Gasteiger partial charge in [0.2, 0.25) is 5.91 Å². The Balaban J connectivity index is 2.31. The zero-order valence-corrected chi connectivity index (χ0v) is 11.2. The lowest BCUT2D eigenvalue weighted by molar-refractivity contribution is -0.122. The molecule has 0 aliphatic heterocycles. The van der Waals surface area contributed by atoms with E-state index in [-0.39, 0.29) is 18.4 Å². The summed E-state index contributed by atoms with van der Waals surface area (Å²) < 4.78 is 5.46. The molecule has 0 bridgehead atoms. The van der Waals surface area contributed by atoms with E-state index < -0.39 is 0 Å². The number of hydrogen-bond donors (Lipinski definition) is 2. The van der Waals surface area contributed by atoms with Crippen molar-refractivity contribution < 1.29 is 9.53 Å².